The van der Waals surface area contributed by atoms with E-state index in [1.807, 2.05) is 0 Å². The highest BCUT2D eigenvalue weighted by Gasteiger charge is 2.25. The molecule has 1 saturated carbocycles. The van der Waals surface area contributed by atoms with Crippen LogP contribution in [-0.2, 0) is 0 Å². The summed E-state index contributed by atoms with van der Waals surface area (Å²) in [5, 5.41) is 0. The van der Waals surface area contributed by atoms with Crippen molar-refractivity contribution in [2.24, 2.45) is 5.73 Å². The molecule has 0 unspecified atom stereocenters. The maximum absolute atomic E-state index is 5.88. The van der Waals surface area contributed by atoms with Crippen LogP contribution in [0.15, 0.2) is 0 Å². The van der Waals surface area contributed by atoms with Gasteiger partial charge in [-0.25, -0.2) is 0 Å². The van der Waals surface area contributed by atoms with Gasteiger partial charge in [-0.3, -0.25) is 0 Å². The lowest BCUT2D eigenvalue weighted by Gasteiger charge is -2.33. The number of halogens is 1. The van der Waals surface area contributed by atoms with Crippen molar-refractivity contribution in [3.8, 4) is 0 Å². The zero-order chi connectivity index (χ0) is 8.39. The van der Waals surface area contributed by atoms with Crippen molar-refractivity contribution >= 4 is 12.4 Å². The summed E-state index contributed by atoms with van der Waals surface area (Å²) in [6.45, 7) is 2.69. The van der Waals surface area contributed by atoms with Gasteiger partial charge in [0.25, 0.3) is 0 Å². The highest BCUT2D eigenvalue weighted by atomic mass is 35.5. The molecule has 2 fully saturated rings. The molecule has 1 aliphatic heterocycles. The molecule has 2 aliphatic rings. The number of nitrogens with two attached hydrogens (primary N) is 1. The van der Waals surface area contributed by atoms with Crippen LogP contribution < -0.4 is 5.73 Å². The summed E-state index contributed by atoms with van der Waals surface area (Å²) in [6, 6.07) is 1.39. The summed E-state index contributed by atoms with van der Waals surface area (Å²) in [4.78, 5) is 2.67. The number of rotatable bonds is 1. The maximum atomic E-state index is 5.88. The molecule has 2 rings (SSSR count). The van der Waals surface area contributed by atoms with Crippen molar-refractivity contribution in [3.05, 3.63) is 0 Å². The van der Waals surface area contributed by atoms with Gasteiger partial charge in [0.1, 0.15) is 0 Å². The molecule has 1 saturated heterocycles. The lowest BCUT2D eigenvalue weighted by molar-refractivity contribution is 0.182. The van der Waals surface area contributed by atoms with Crippen LogP contribution in [-0.4, -0.2) is 30.1 Å². The molecule has 0 aromatic carbocycles. The molecule has 2 N–H and O–H groups in total. The van der Waals surface area contributed by atoms with E-state index in [-0.39, 0.29) is 12.4 Å². The minimum Gasteiger partial charge on any atom is -0.328 e. The van der Waals surface area contributed by atoms with Crippen LogP contribution in [0, 0.1) is 0 Å². The van der Waals surface area contributed by atoms with E-state index in [2.05, 4.69) is 4.90 Å². The SMILES string of the molecule is Cl.N[C@H]1CC[C@H](N2CCCC2)CC1. The van der Waals surface area contributed by atoms with Crippen LogP contribution in [0.3, 0.4) is 0 Å². The molecule has 0 amide bonds. The van der Waals surface area contributed by atoms with Crippen LogP contribution in [0.25, 0.3) is 0 Å². The molecule has 3 heteroatoms. The van der Waals surface area contributed by atoms with Crippen molar-refractivity contribution in [1.82, 2.24) is 4.90 Å². The highest BCUT2D eigenvalue weighted by molar-refractivity contribution is 5.85. The van der Waals surface area contributed by atoms with E-state index in [1.54, 1.807) is 0 Å². The van der Waals surface area contributed by atoms with Gasteiger partial charge in [0.2, 0.25) is 0 Å². The molecule has 0 aromatic rings. The Bertz CT molecular complexity index is 138. The predicted molar refractivity (Wildman–Crippen MR) is 58.3 cm³/mol. The third-order valence-electron chi connectivity index (χ3n) is 3.40. The van der Waals surface area contributed by atoms with Gasteiger partial charge in [0, 0.05) is 12.1 Å². The monoisotopic (exact) mass is 204 g/mol. The fourth-order valence-electron chi connectivity index (χ4n) is 2.57. The summed E-state index contributed by atoms with van der Waals surface area (Å²) in [6.07, 6.45) is 8.04. The Balaban J connectivity index is 0.000000845. The van der Waals surface area contributed by atoms with Crippen molar-refractivity contribution in [1.29, 1.82) is 0 Å². The third-order valence-corrected chi connectivity index (χ3v) is 3.40. The average Bonchev–Trinajstić information content (AvgIpc) is 2.58. The lowest BCUT2D eigenvalue weighted by Crippen LogP contribution is -2.39. The van der Waals surface area contributed by atoms with Crippen molar-refractivity contribution < 1.29 is 0 Å². The number of nitrogens with zero attached hydrogens (tertiary/aromatic N) is 1. The fourth-order valence-corrected chi connectivity index (χ4v) is 2.57. The summed E-state index contributed by atoms with van der Waals surface area (Å²) in [5.41, 5.74) is 5.88. The molecule has 0 bridgehead atoms. The predicted octanol–water partition coefficient (Wildman–Crippen LogP) is 1.77. The Morgan fingerprint density at radius 3 is 2.00 bits per heavy atom. The van der Waals surface area contributed by atoms with E-state index in [4.69, 9.17) is 5.73 Å². The molecule has 2 nitrogen and oxygen atoms in total. The molecular weight excluding hydrogens is 184 g/mol. The zero-order valence-electron chi connectivity index (χ0n) is 8.24. The van der Waals surface area contributed by atoms with Gasteiger partial charge < -0.3 is 10.6 Å². The molecule has 1 aliphatic carbocycles. The second-order valence-electron chi connectivity index (χ2n) is 4.31. The van der Waals surface area contributed by atoms with Gasteiger partial charge in [-0.05, 0) is 51.6 Å². The molecule has 1 heterocycles. The van der Waals surface area contributed by atoms with Crippen LogP contribution in [0.1, 0.15) is 38.5 Å². The van der Waals surface area contributed by atoms with Gasteiger partial charge in [0.15, 0.2) is 0 Å². The second kappa shape index (κ2) is 5.18. The number of likely N-dealkylation sites (tertiary alicyclic amines) is 1. The van der Waals surface area contributed by atoms with Gasteiger partial charge in [-0.15, -0.1) is 12.4 Å². The van der Waals surface area contributed by atoms with Gasteiger partial charge >= 0.3 is 0 Å². The van der Waals surface area contributed by atoms with Gasteiger partial charge in [-0.1, -0.05) is 0 Å². The van der Waals surface area contributed by atoms with E-state index >= 15 is 0 Å². The van der Waals surface area contributed by atoms with E-state index in [0.717, 1.165) is 6.04 Å². The smallest absolute Gasteiger partial charge is 0.00964 e. The van der Waals surface area contributed by atoms with Gasteiger partial charge in [-0.2, -0.15) is 0 Å². The summed E-state index contributed by atoms with van der Waals surface area (Å²) >= 11 is 0. The average molecular weight is 205 g/mol. The summed E-state index contributed by atoms with van der Waals surface area (Å²) in [5.74, 6) is 0. The number of hydrogen-bond acceptors (Lipinski definition) is 2. The molecule has 0 atom stereocenters. The van der Waals surface area contributed by atoms with Crippen molar-refractivity contribution in [2.45, 2.75) is 50.6 Å². The van der Waals surface area contributed by atoms with Crippen LogP contribution >= 0.6 is 12.4 Å². The zero-order valence-corrected chi connectivity index (χ0v) is 9.06. The quantitative estimate of drug-likeness (QED) is 0.706. The van der Waals surface area contributed by atoms with E-state index in [1.165, 1.54) is 51.6 Å². The first kappa shape index (κ1) is 11.3. The minimum absolute atomic E-state index is 0. The Kier molecular flexibility index (Phi) is 4.50. The van der Waals surface area contributed by atoms with Crippen LogP contribution in [0.2, 0.25) is 0 Å². The largest absolute Gasteiger partial charge is 0.328 e. The lowest BCUT2D eigenvalue weighted by atomic mass is 9.91. The Labute approximate surface area is 87.3 Å². The first-order chi connectivity index (χ1) is 5.86. The minimum atomic E-state index is 0. The molecule has 0 aromatic heterocycles. The topological polar surface area (TPSA) is 29.3 Å². The van der Waals surface area contributed by atoms with Crippen LogP contribution in [0.5, 0.6) is 0 Å². The van der Waals surface area contributed by atoms with Crippen molar-refractivity contribution in [3.63, 3.8) is 0 Å². The molecule has 0 spiro atoms. The van der Waals surface area contributed by atoms with E-state index < -0.39 is 0 Å². The first-order valence-corrected chi connectivity index (χ1v) is 5.36. The Morgan fingerprint density at radius 2 is 1.46 bits per heavy atom. The summed E-state index contributed by atoms with van der Waals surface area (Å²) in [7, 11) is 0. The fraction of sp³-hybridized carbons (Fsp3) is 1.00. The highest BCUT2D eigenvalue weighted by Crippen LogP contribution is 2.24. The Morgan fingerprint density at radius 1 is 0.923 bits per heavy atom. The molecule has 0 radical (unpaired) electrons. The Hall–Kier alpha value is 0.210. The molecular formula is C10H21ClN2. The normalized spacial score (nSPS) is 35.8. The molecule has 78 valence electrons. The van der Waals surface area contributed by atoms with Crippen molar-refractivity contribution in [2.75, 3.05) is 13.1 Å². The standard InChI is InChI=1S/C10H20N2.ClH/c11-9-3-5-10(6-4-9)12-7-1-2-8-12;/h9-10H,1-8,11H2;1H/t9-,10-;. The van der Waals surface area contributed by atoms with E-state index in [0.29, 0.717) is 6.04 Å². The first-order valence-electron chi connectivity index (χ1n) is 5.36. The summed E-state index contributed by atoms with van der Waals surface area (Å²) < 4.78 is 0. The van der Waals surface area contributed by atoms with Crippen LogP contribution in [0.4, 0.5) is 0 Å². The number of hydrogen-bond donors (Lipinski definition) is 1. The molecule has 13 heavy (non-hydrogen) atoms. The maximum Gasteiger partial charge on any atom is 0.00964 e. The third kappa shape index (κ3) is 2.83. The van der Waals surface area contributed by atoms with Gasteiger partial charge in [0.05, 0.1) is 0 Å². The van der Waals surface area contributed by atoms with E-state index in [9.17, 15) is 0 Å². The second-order valence-corrected chi connectivity index (χ2v) is 4.31.